The third-order valence-corrected chi connectivity index (χ3v) is 6.63. The SMILES string of the molecule is Cc1ccc(C)c(S(=O)(=O)NC2CCN(C(=O)C3CCCO3)CC2)c1. The van der Waals surface area contributed by atoms with Gasteiger partial charge < -0.3 is 9.64 Å². The molecular formula is C18H26N2O4S. The second-order valence-electron chi connectivity index (χ2n) is 6.99. The summed E-state index contributed by atoms with van der Waals surface area (Å²) in [6, 6.07) is 5.29. The van der Waals surface area contributed by atoms with Crippen molar-refractivity contribution in [3.8, 4) is 0 Å². The summed E-state index contributed by atoms with van der Waals surface area (Å²) in [6.45, 7) is 5.48. The first-order chi connectivity index (χ1) is 11.9. The van der Waals surface area contributed by atoms with Crippen LogP contribution in [0.3, 0.4) is 0 Å². The Kier molecular flexibility index (Phi) is 5.46. The first-order valence-electron chi connectivity index (χ1n) is 8.87. The van der Waals surface area contributed by atoms with E-state index >= 15 is 0 Å². The maximum atomic E-state index is 12.7. The summed E-state index contributed by atoms with van der Waals surface area (Å²) in [5, 5.41) is 0. The normalized spacial score (nSPS) is 22.3. The summed E-state index contributed by atoms with van der Waals surface area (Å²) in [5.74, 6) is 0.0494. The Hall–Kier alpha value is -1.44. The molecule has 1 N–H and O–H groups in total. The van der Waals surface area contributed by atoms with Crippen LogP contribution in [0.4, 0.5) is 0 Å². The van der Waals surface area contributed by atoms with Gasteiger partial charge in [0.05, 0.1) is 4.90 Å². The molecule has 138 valence electrons. The van der Waals surface area contributed by atoms with Gasteiger partial charge in [-0.1, -0.05) is 12.1 Å². The Balaban J connectivity index is 1.59. The number of hydrogen-bond acceptors (Lipinski definition) is 4. The molecule has 2 fully saturated rings. The lowest BCUT2D eigenvalue weighted by Gasteiger charge is -2.33. The number of rotatable bonds is 4. The molecule has 0 aromatic heterocycles. The molecule has 25 heavy (non-hydrogen) atoms. The van der Waals surface area contributed by atoms with E-state index in [1.807, 2.05) is 19.1 Å². The van der Waals surface area contributed by atoms with Gasteiger partial charge in [0.25, 0.3) is 5.91 Å². The Labute approximate surface area is 149 Å². The average Bonchev–Trinajstić information content (AvgIpc) is 3.11. The minimum Gasteiger partial charge on any atom is -0.368 e. The van der Waals surface area contributed by atoms with Gasteiger partial charge in [0.2, 0.25) is 10.0 Å². The maximum absolute atomic E-state index is 12.7. The average molecular weight is 366 g/mol. The zero-order chi connectivity index (χ0) is 18.0. The molecule has 6 nitrogen and oxygen atoms in total. The van der Waals surface area contributed by atoms with E-state index < -0.39 is 10.0 Å². The number of benzene rings is 1. The van der Waals surface area contributed by atoms with Crippen molar-refractivity contribution in [2.45, 2.75) is 56.6 Å². The summed E-state index contributed by atoms with van der Waals surface area (Å²) < 4.78 is 33.6. The van der Waals surface area contributed by atoms with Crippen molar-refractivity contribution >= 4 is 15.9 Å². The molecule has 7 heteroatoms. The van der Waals surface area contributed by atoms with Gasteiger partial charge in [-0.25, -0.2) is 13.1 Å². The van der Waals surface area contributed by atoms with Gasteiger partial charge in [-0.3, -0.25) is 4.79 Å². The second-order valence-corrected chi connectivity index (χ2v) is 8.67. The van der Waals surface area contributed by atoms with Crippen LogP contribution in [0.25, 0.3) is 0 Å². The number of sulfonamides is 1. The summed E-state index contributed by atoms with van der Waals surface area (Å²) in [5.41, 5.74) is 1.66. The standard InChI is InChI=1S/C18H26N2O4S/c1-13-5-6-14(2)17(12-13)25(22,23)19-15-7-9-20(10-8-15)18(21)16-4-3-11-24-16/h5-6,12,15-16,19H,3-4,7-11H2,1-2H3. The Morgan fingerprint density at radius 3 is 2.56 bits per heavy atom. The van der Waals surface area contributed by atoms with Crippen LogP contribution in [-0.4, -0.2) is 51.1 Å². The number of likely N-dealkylation sites (tertiary alicyclic amines) is 1. The summed E-state index contributed by atoms with van der Waals surface area (Å²) >= 11 is 0. The highest BCUT2D eigenvalue weighted by atomic mass is 32.2. The molecule has 0 saturated carbocycles. The predicted molar refractivity (Wildman–Crippen MR) is 94.8 cm³/mol. The Morgan fingerprint density at radius 2 is 1.92 bits per heavy atom. The van der Waals surface area contributed by atoms with E-state index in [4.69, 9.17) is 4.74 Å². The van der Waals surface area contributed by atoms with E-state index in [0.29, 0.717) is 37.4 Å². The van der Waals surface area contributed by atoms with E-state index in [2.05, 4.69) is 4.72 Å². The van der Waals surface area contributed by atoms with Gasteiger partial charge in [-0.15, -0.1) is 0 Å². The van der Waals surface area contributed by atoms with Crippen LogP contribution in [-0.2, 0) is 19.6 Å². The van der Waals surface area contributed by atoms with Crippen molar-refractivity contribution in [2.75, 3.05) is 19.7 Å². The van der Waals surface area contributed by atoms with Crippen LogP contribution >= 0.6 is 0 Å². The molecule has 1 atom stereocenters. The zero-order valence-electron chi connectivity index (χ0n) is 14.8. The van der Waals surface area contributed by atoms with Crippen molar-refractivity contribution in [3.05, 3.63) is 29.3 Å². The first kappa shape index (κ1) is 18.4. The number of nitrogens with zero attached hydrogens (tertiary/aromatic N) is 1. The van der Waals surface area contributed by atoms with Crippen molar-refractivity contribution in [3.63, 3.8) is 0 Å². The largest absolute Gasteiger partial charge is 0.368 e. The van der Waals surface area contributed by atoms with E-state index in [1.54, 1.807) is 17.9 Å². The summed E-state index contributed by atoms with van der Waals surface area (Å²) in [6.07, 6.45) is 2.68. The van der Waals surface area contributed by atoms with Gasteiger partial charge in [-0.05, 0) is 56.7 Å². The monoisotopic (exact) mass is 366 g/mol. The fraction of sp³-hybridized carbons (Fsp3) is 0.611. The van der Waals surface area contributed by atoms with Gasteiger partial charge in [0.15, 0.2) is 0 Å². The molecule has 1 aromatic carbocycles. The predicted octanol–water partition coefficient (Wildman–Crippen LogP) is 1.75. The highest BCUT2D eigenvalue weighted by molar-refractivity contribution is 7.89. The molecule has 2 saturated heterocycles. The number of piperidine rings is 1. The van der Waals surface area contributed by atoms with E-state index in [1.165, 1.54) is 0 Å². The fourth-order valence-electron chi connectivity index (χ4n) is 3.47. The lowest BCUT2D eigenvalue weighted by molar-refractivity contribution is -0.142. The molecule has 0 aliphatic carbocycles. The Morgan fingerprint density at radius 1 is 1.20 bits per heavy atom. The van der Waals surface area contributed by atoms with Crippen LogP contribution in [0, 0.1) is 13.8 Å². The number of aryl methyl sites for hydroxylation is 2. The lowest BCUT2D eigenvalue weighted by atomic mass is 10.1. The number of carbonyl (C=O) groups excluding carboxylic acids is 1. The van der Waals surface area contributed by atoms with Crippen molar-refractivity contribution in [1.82, 2.24) is 9.62 Å². The number of carbonyl (C=O) groups is 1. The van der Waals surface area contributed by atoms with Gasteiger partial charge in [0.1, 0.15) is 6.10 Å². The minimum atomic E-state index is -3.54. The van der Waals surface area contributed by atoms with E-state index in [-0.39, 0.29) is 18.1 Å². The molecule has 2 aliphatic rings. The number of ether oxygens (including phenoxy) is 1. The van der Waals surface area contributed by atoms with E-state index in [9.17, 15) is 13.2 Å². The van der Waals surface area contributed by atoms with Crippen LogP contribution in [0.5, 0.6) is 0 Å². The number of nitrogens with one attached hydrogen (secondary N) is 1. The third kappa shape index (κ3) is 4.22. The number of amides is 1. The molecular weight excluding hydrogens is 340 g/mol. The molecule has 1 aromatic rings. The fourth-order valence-corrected chi connectivity index (χ4v) is 5.11. The zero-order valence-corrected chi connectivity index (χ0v) is 15.6. The van der Waals surface area contributed by atoms with Gasteiger partial charge in [-0.2, -0.15) is 0 Å². The molecule has 3 rings (SSSR count). The Bertz CT molecular complexity index is 733. The van der Waals surface area contributed by atoms with Crippen LogP contribution in [0.15, 0.2) is 23.1 Å². The highest BCUT2D eigenvalue weighted by Gasteiger charge is 2.32. The highest BCUT2D eigenvalue weighted by Crippen LogP contribution is 2.21. The first-order valence-corrected chi connectivity index (χ1v) is 10.3. The number of hydrogen-bond donors (Lipinski definition) is 1. The third-order valence-electron chi connectivity index (χ3n) is 4.97. The quantitative estimate of drug-likeness (QED) is 0.881. The maximum Gasteiger partial charge on any atom is 0.251 e. The van der Waals surface area contributed by atoms with Crippen molar-refractivity contribution in [1.29, 1.82) is 0 Å². The van der Waals surface area contributed by atoms with Crippen LogP contribution in [0.1, 0.15) is 36.8 Å². The van der Waals surface area contributed by atoms with Gasteiger partial charge in [0, 0.05) is 25.7 Å². The topological polar surface area (TPSA) is 75.7 Å². The molecule has 0 bridgehead atoms. The van der Waals surface area contributed by atoms with E-state index in [0.717, 1.165) is 24.0 Å². The summed E-state index contributed by atoms with van der Waals surface area (Å²) in [7, 11) is -3.54. The van der Waals surface area contributed by atoms with Crippen LogP contribution < -0.4 is 4.72 Å². The lowest BCUT2D eigenvalue weighted by Crippen LogP contribution is -2.49. The molecule has 1 unspecified atom stereocenters. The second kappa shape index (κ2) is 7.43. The molecule has 2 heterocycles. The van der Waals surface area contributed by atoms with Crippen molar-refractivity contribution < 1.29 is 17.9 Å². The van der Waals surface area contributed by atoms with Gasteiger partial charge >= 0.3 is 0 Å². The minimum absolute atomic E-state index is 0.0494. The smallest absolute Gasteiger partial charge is 0.251 e. The van der Waals surface area contributed by atoms with Crippen molar-refractivity contribution in [2.24, 2.45) is 0 Å². The summed E-state index contributed by atoms with van der Waals surface area (Å²) in [4.78, 5) is 14.5. The molecule has 0 radical (unpaired) electrons. The van der Waals surface area contributed by atoms with Crippen LogP contribution in [0.2, 0.25) is 0 Å². The molecule has 1 amide bonds. The molecule has 0 spiro atoms. The molecule has 2 aliphatic heterocycles.